The van der Waals surface area contributed by atoms with Gasteiger partial charge in [-0.05, 0) is 80.8 Å². The first-order valence-electron chi connectivity index (χ1n) is 13.8. The van der Waals surface area contributed by atoms with Gasteiger partial charge < -0.3 is 15.3 Å². The molecule has 0 radical (unpaired) electrons. The Morgan fingerprint density at radius 3 is 2.58 bits per heavy atom. The summed E-state index contributed by atoms with van der Waals surface area (Å²) in [7, 11) is 0. The largest absolute Gasteiger partial charge is 0.507 e. The van der Waals surface area contributed by atoms with Crippen molar-refractivity contribution in [1.82, 2.24) is 10.2 Å². The predicted octanol–water partition coefficient (Wildman–Crippen LogP) is 5.85. The van der Waals surface area contributed by atoms with Crippen LogP contribution in [-0.2, 0) is 0 Å². The molecule has 1 amide bonds. The lowest BCUT2D eigenvalue weighted by atomic mass is 9.74. The van der Waals surface area contributed by atoms with Crippen molar-refractivity contribution in [3.63, 3.8) is 0 Å². The van der Waals surface area contributed by atoms with Crippen molar-refractivity contribution in [2.45, 2.75) is 44.9 Å². The zero-order valence-electron chi connectivity index (χ0n) is 21.9. The van der Waals surface area contributed by atoms with Crippen LogP contribution in [0.15, 0.2) is 42.5 Å². The van der Waals surface area contributed by atoms with Crippen LogP contribution in [0.25, 0.3) is 0 Å². The Kier molecular flexibility index (Phi) is 10.3. The second-order valence-electron chi connectivity index (χ2n) is 10.6. The summed E-state index contributed by atoms with van der Waals surface area (Å²) in [5.74, 6) is 0.639. The van der Waals surface area contributed by atoms with E-state index in [4.69, 9.17) is 11.6 Å². The lowest BCUT2D eigenvalue weighted by molar-refractivity contribution is 0.0949. The number of carbonyl (C=O) groups is 1. The lowest BCUT2D eigenvalue weighted by Gasteiger charge is -2.37. The van der Waals surface area contributed by atoms with Crippen LogP contribution in [0.2, 0.25) is 5.02 Å². The van der Waals surface area contributed by atoms with Gasteiger partial charge in [-0.2, -0.15) is 5.26 Å². The molecule has 2 aliphatic rings. The molecule has 6 nitrogen and oxygen atoms in total. The average Bonchev–Trinajstić information content (AvgIpc) is 2.94. The van der Waals surface area contributed by atoms with E-state index < -0.39 is 0 Å². The fraction of sp³-hybridized carbons (Fsp3) is 0.533. The minimum Gasteiger partial charge on any atom is -0.507 e. The number of amides is 1. The zero-order valence-corrected chi connectivity index (χ0v) is 22.7. The smallest absolute Gasteiger partial charge is 0.255 e. The summed E-state index contributed by atoms with van der Waals surface area (Å²) in [6.07, 6.45) is 7.23. The van der Waals surface area contributed by atoms with E-state index in [9.17, 15) is 19.6 Å². The summed E-state index contributed by atoms with van der Waals surface area (Å²) in [6, 6.07) is 13.8. The quantitative estimate of drug-likeness (QED) is 0.369. The SMILES string of the molecule is N#CC(CCCNC(=O)c1ccccc1O)C1CCC(CCN2CCN(c3cc(Cl)ccc3F)CC2)CC1. The number of carbonyl (C=O) groups excluding carboxylic acids is 1. The molecular weight excluding hydrogens is 503 g/mol. The number of anilines is 1. The second-order valence-corrected chi connectivity index (χ2v) is 11.1. The number of hydrogen-bond acceptors (Lipinski definition) is 5. The topological polar surface area (TPSA) is 79.6 Å². The van der Waals surface area contributed by atoms with Gasteiger partial charge in [-0.15, -0.1) is 0 Å². The number of rotatable bonds is 10. The Labute approximate surface area is 230 Å². The normalized spacial score (nSPS) is 21.0. The minimum atomic E-state index is -0.282. The van der Waals surface area contributed by atoms with E-state index >= 15 is 0 Å². The molecule has 2 aromatic carbocycles. The van der Waals surface area contributed by atoms with Gasteiger partial charge in [-0.1, -0.05) is 36.6 Å². The van der Waals surface area contributed by atoms with Crippen molar-refractivity contribution in [2.24, 2.45) is 17.8 Å². The molecule has 38 heavy (non-hydrogen) atoms. The van der Waals surface area contributed by atoms with Gasteiger partial charge in [0.15, 0.2) is 0 Å². The van der Waals surface area contributed by atoms with Crippen LogP contribution in [0.4, 0.5) is 10.1 Å². The standard InChI is InChI=1S/C30H38ClFN4O2/c31-25-11-12-27(32)28(20-25)36-18-16-35(17-19-36)15-13-22-7-9-23(10-8-22)24(21-33)4-3-14-34-30(38)26-5-1-2-6-29(26)37/h1-2,5-6,11-12,20,22-24,37H,3-4,7-10,13-19H2,(H,34,38). The number of piperazine rings is 1. The molecule has 2 aromatic rings. The highest BCUT2D eigenvalue weighted by Gasteiger charge is 2.28. The predicted molar refractivity (Wildman–Crippen MR) is 149 cm³/mol. The third-order valence-corrected chi connectivity index (χ3v) is 8.46. The molecule has 4 rings (SSSR count). The Morgan fingerprint density at radius 2 is 1.87 bits per heavy atom. The molecule has 1 aliphatic carbocycles. The molecule has 1 saturated carbocycles. The van der Waals surface area contributed by atoms with E-state index in [1.807, 2.05) is 0 Å². The summed E-state index contributed by atoms with van der Waals surface area (Å²) in [4.78, 5) is 16.8. The van der Waals surface area contributed by atoms with Crippen molar-refractivity contribution in [2.75, 3.05) is 44.2 Å². The van der Waals surface area contributed by atoms with Crippen molar-refractivity contribution in [3.05, 3.63) is 58.9 Å². The van der Waals surface area contributed by atoms with E-state index in [1.54, 1.807) is 30.3 Å². The number of phenolic OH excluding ortho intramolecular Hbond substituents is 1. The Bertz CT molecular complexity index is 1110. The maximum Gasteiger partial charge on any atom is 0.255 e. The first-order chi connectivity index (χ1) is 18.4. The fourth-order valence-corrected chi connectivity index (χ4v) is 6.04. The van der Waals surface area contributed by atoms with Crippen molar-refractivity contribution < 1.29 is 14.3 Å². The molecule has 1 unspecified atom stereocenters. The number of para-hydroxylation sites is 1. The molecule has 8 heteroatoms. The minimum absolute atomic E-state index is 0.0214. The molecule has 1 atom stereocenters. The van der Waals surface area contributed by atoms with Crippen LogP contribution >= 0.6 is 11.6 Å². The highest BCUT2D eigenvalue weighted by molar-refractivity contribution is 6.30. The molecule has 2 fully saturated rings. The van der Waals surface area contributed by atoms with Gasteiger partial charge in [0.1, 0.15) is 11.6 Å². The number of halogens is 2. The van der Waals surface area contributed by atoms with Gasteiger partial charge in [0.2, 0.25) is 0 Å². The molecule has 2 N–H and O–H groups in total. The van der Waals surface area contributed by atoms with Gasteiger partial charge in [0.05, 0.1) is 17.3 Å². The van der Waals surface area contributed by atoms with E-state index in [-0.39, 0.29) is 29.0 Å². The van der Waals surface area contributed by atoms with Crippen LogP contribution in [0.3, 0.4) is 0 Å². The molecule has 0 bridgehead atoms. The van der Waals surface area contributed by atoms with Crippen LogP contribution in [0.1, 0.15) is 55.3 Å². The lowest BCUT2D eigenvalue weighted by Crippen LogP contribution is -2.47. The third kappa shape index (κ3) is 7.61. The summed E-state index contributed by atoms with van der Waals surface area (Å²) >= 11 is 6.06. The number of aromatic hydroxyl groups is 1. The van der Waals surface area contributed by atoms with Gasteiger partial charge in [-0.25, -0.2) is 4.39 Å². The number of nitrogens with zero attached hydrogens (tertiary/aromatic N) is 3. The molecular formula is C30H38ClFN4O2. The summed E-state index contributed by atoms with van der Waals surface area (Å²) in [5, 5.41) is 23.0. The third-order valence-electron chi connectivity index (χ3n) is 8.23. The van der Waals surface area contributed by atoms with Gasteiger partial charge in [0, 0.05) is 43.7 Å². The monoisotopic (exact) mass is 540 g/mol. The van der Waals surface area contributed by atoms with E-state index in [0.717, 1.165) is 58.4 Å². The first kappa shape index (κ1) is 28.2. The number of phenols is 1. The van der Waals surface area contributed by atoms with Crippen LogP contribution in [-0.4, -0.2) is 55.2 Å². The summed E-state index contributed by atoms with van der Waals surface area (Å²) < 4.78 is 14.2. The van der Waals surface area contributed by atoms with E-state index in [1.165, 1.54) is 31.4 Å². The van der Waals surface area contributed by atoms with Crippen LogP contribution in [0, 0.1) is 34.9 Å². The maximum absolute atomic E-state index is 14.2. The molecule has 1 saturated heterocycles. The van der Waals surface area contributed by atoms with Gasteiger partial charge >= 0.3 is 0 Å². The van der Waals surface area contributed by atoms with Gasteiger partial charge in [-0.3, -0.25) is 9.69 Å². The number of hydrogen-bond donors (Lipinski definition) is 2. The van der Waals surface area contributed by atoms with Crippen LogP contribution in [0.5, 0.6) is 5.75 Å². The molecule has 0 spiro atoms. The Balaban J connectivity index is 1.11. The Morgan fingerprint density at radius 1 is 1.13 bits per heavy atom. The molecule has 1 heterocycles. The van der Waals surface area contributed by atoms with E-state index in [2.05, 4.69) is 21.2 Å². The number of nitrogens with one attached hydrogen (secondary N) is 1. The Hall–Kier alpha value is -2.82. The van der Waals surface area contributed by atoms with E-state index in [0.29, 0.717) is 29.1 Å². The number of nitriles is 1. The number of benzene rings is 2. The highest BCUT2D eigenvalue weighted by atomic mass is 35.5. The molecule has 204 valence electrons. The summed E-state index contributed by atoms with van der Waals surface area (Å²) in [5.41, 5.74) is 0.875. The molecule has 1 aliphatic heterocycles. The fourth-order valence-electron chi connectivity index (χ4n) is 5.88. The average molecular weight is 541 g/mol. The van der Waals surface area contributed by atoms with Crippen molar-refractivity contribution >= 4 is 23.2 Å². The van der Waals surface area contributed by atoms with Crippen molar-refractivity contribution in [1.29, 1.82) is 5.26 Å². The van der Waals surface area contributed by atoms with Crippen LogP contribution < -0.4 is 10.2 Å². The highest BCUT2D eigenvalue weighted by Crippen LogP contribution is 2.36. The first-order valence-corrected chi connectivity index (χ1v) is 14.2. The maximum atomic E-state index is 14.2. The van der Waals surface area contributed by atoms with Crippen molar-refractivity contribution in [3.8, 4) is 11.8 Å². The second kappa shape index (κ2) is 13.8. The zero-order chi connectivity index (χ0) is 26.9. The van der Waals surface area contributed by atoms with Gasteiger partial charge in [0.25, 0.3) is 5.91 Å². The molecule has 0 aromatic heterocycles. The summed E-state index contributed by atoms with van der Waals surface area (Å²) in [6.45, 7) is 5.04.